The number of carbonyl (C=O) groups excluding carboxylic acids is 1. The first-order chi connectivity index (χ1) is 9.51. The Bertz CT molecular complexity index is 564. The molecule has 20 heavy (non-hydrogen) atoms. The quantitative estimate of drug-likeness (QED) is 0.846. The zero-order chi connectivity index (χ0) is 14.7. The Morgan fingerprint density at radius 2 is 2.15 bits per heavy atom. The van der Waals surface area contributed by atoms with Crippen molar-refractivity contribution in [2.45, 2.75) is 0 Å². The minimum absolute atomic E-state index is 0.139. The van der Waals surface area contributed by atoms with Gasteiger partial charge in [0.15, 0.2) is 11.6 Å². The smallest absolute Gasteiger partial charge is 0.310 e. The molecule has 6 heteroatoms. The molecule has 0 spiro atoms. The third kappa shape index (κ3) is 2.96. The SMILES string of the molecule is COc1ccc(C=CC(=O)N2CC(C(=O)O)C2)cc1F. The maximum Gasteiger partial charge on any atom is 0.310 e. The molecule has 5 nitrogen and oxygen atoms in total. The molecule has 106 valence electrons. The highest BCUT2D eigenvalue weighted by Gasteiger charge is 2.34. The van der Waals surface area contributed by atoms with Crippen LogP contribution >= 0.6 is 0 Å². The standard InChI is InChI=1S/C14H14FNO4/c1-20-12-4-2-9(6-11(12)15)3-5-13(17)16-7-10(8-16)14(18)19/h2-6,10H,7-8H2,1H3,(H,18,19). The number of carbonyl (C=O) groups is 2. The number of hydrogen-bond donors (Lipinski definition) is 1. The Morgan fingerprint density at radius 3 is 2.70 bits per heavy atom. The van der Waals surface area contributed by atoms with Crippen molar-refractivity contribution in [1.29, 1.82) is 0 Å². The zero-order valence-corrected chi connectivity index (χ0v) is 10.9. The summed E-state index contributed by atoms with van der Waals surface area (Å²) >= 11 is 0. The van der Waals surface area contributed by atoms with Gasteiger partial charge >= 0.3 is 5.97 Å². The Balaban J connectivity index is 1.95. The summed E-state index contributed by atoms with van der Waals surface area (Å²) in [5.41, 5.74) is 0.534. The van der Waals surface area contributed by atoms with Crippen LogP contribution in [0.25, 0.3) is 6.08 Å². The van der Waals surface area contributed by atoms with E-state index < -0.39 is 17.7 Å². The first-order valence-electron chi connectivity index (χ1n) is 6.04. The second-order valence-electron chi connectivity index (χ2n) is 4.51. The van der Waals surface area contributed by atoms with E-state index in [0.29, 0.717) is 5.56 Å². The van der Waals surface area contributed by atoms with Crippen molar-refractivity contribution in [3.63, 3.8) is 0 Å². The van der Waals surface area contributed by atoms with E-state index in [1.807, 2.05) is 0 Å². The van der Waals surface area contributed by atoms with Gasteiger partial charge in [0.05, 0.1) is 13.0 Å². The summed E-state index contributed by atoms with van der Waals surface area (Å²) in [7, 11) is 1.38. The first kappa shape index (κ1) is 14.0. The van der Waals surface area contributed by atoms with Crippen molar-refractivity contribution >= 4 is 18.0 Å². The van der Waals surface area contributed by atoms with Crippen LogP contribution in [-0.4, -0.2) is 42.1 Å². The molecule has 1 amide bonds. The van der Waals surface area contributed by atoms with Gasteiger partial charge in [-0.15, -0.1) is 0 Å². The molecule has 1 N–H and O–H groups in total. The minimum Gasteiger partial charge on any atom is -0.494 e. The number of rotatable bonds is 4. The molecule has 1 aliphatic rings. The predicted molar refractivity (Wildman–Crippen MR) is 69.7 cm³/mol. The molecule has 0 bridgehead atoms. The van der Waals surface area contributed by atoms with Crippen molar-refractivity contribution in [1.82, 2.24) is 4.90 Å². The molecule has 1 heterocycles. The number of nitrogens with zero attached hydrogens (tertiary/aromatic N) is 1. The van der Waals surface area contributed by atoms with Crippen LogP contribution in [0.4, 0.5) is 4.39 Å². The second kappa shape index (κ2) is 5.73. The minimum atomic E-state index is -0.893. The van der Waals surface area contributed by atoms with E-state index in [1.54, 1.807) is 6.07 Å². The maximum atomic E-state index is 13.4. The molecular weight excluding hydrogens is 265 g/mol. The summed E-state index contributed by atoms with van der Waals surface area (Å²) < 4.78 is 18.2. The fraction of sp³-hybridized carbons (Fsp3) is 0.286. The van der Waals surface area contributed by atoms with Crippen LogP contribution in [0.15, 0.2) is 24.3 Å². The van der Waals surface area contributed by atoms with Crippen molar-refractivity contribution in [2.24, 2.45) is 5.92 Å². The number of likely N-dealkylation sites (tertiary alicyclic amines) is 1. The molecule has 0 saturated carbocycles. The number of amides is 1. The van der Waals surface area contributed by atoms with Gasteiger partial charge in [-0.25, -0.2) is 4.39 Å². The molecule has 0 aromatic heterocycles. The van der Waals surface area contributed by atoms with Crippen LogP contribution in [0.2, 0.25) is 0 Å². The summed E-state index contributed by atoms with van der Waals surface area (Å²) in [5.74, 6) is -2.02. The van der Waals surface area contributed by atoms with Crippen LogP contribution in [0.5, 0.6) is 5.75 Å². The molecule has 0 atom stereocenters. The molecule has 1 fully saturated rings. The third-order valence-electron chi connectivity index (χ3n) is 3.14. The average Bonchev–Trinajstić information content (AvgIpc) is 2.34. The number of benzene rings is 1. The van der Waals surface area contributed by atoms with E-state index in [4.69, 9.17) is 9.84 Å². The van der Waals surface area contributed by atoms with Gasteiger partial charge < -0.3 is 14.7 Å². The van der Waals surface area contributed by atoms with Gasteiger partial charge in [-0.3, -0.25) is 9.59 Å². The number of hydrogen-bond acceptors (Lipinski definition) is 3. The van der Waals surface area contributed by atoms with Crippen molar-refractivity contribution < 1.29 is 23.8 Å². The van der Waals surface area contributed by atoms with Gasteiger partial charge in [0.1, 0.15) is 0 Å². The fourth-order valence-electron chi connectivity index (χ4n) is 1.87. The Kier molecular flexibility index (Phi) is 4.02. The largest absolute Gasteiger partial charge is 0.494 e. The van der Waals surface area contributed by atoms with Crippen molar-refractivity contribution in [3.05, 3.63) is 35.7 Å². The number of aliphatic carboxylic acids is 1. The zero-order valence-electron chi connectivity index (χ0n) is 10.9. The summed E-state index contributed by atoms with van der Waals surface area (Å²) in [6.45, 7) is 0.435. The van der Waals surface area contributed by atoms with Crippen LogP contribution < -0.4 is 4.74 Å². The number of methoxy groups -OCH3 is 1. The summed E-state index contributed by atoms with van der Waals surface area (Å²) in [4.78, 5) is 23.7. The molecule has 0 radical (unpaired) electrons. The van der Waals surface area contributed by atoms with Crippen molar-refractivity contribution in [2.75, 3.05) is 20.2 Å². The Hall–Kier alpha value is -2.37. The van der Waals surface area contributed by atoms with Crippen LogP contribution in [-0.2, 0) is 9.59 Å². The van der Waals surface area contributed by atoms with Gasteiger partial charge in [-0.2, -0.15) is 0 Å². The second-order valence-corrected chi connectivity index (χ2v) is 4.51. The van der Waals surface area contributed by atoms with Crippen LogP contribution in [0.3, 0.4) is 0 Å². The lowest BCUT2D eigenvalue weighted by molar-refractivity contribution is -0.151. The fourth-order valence-corrected chi connectivity index (χ4v) is 1.87. The number of ether oxygens (including phenoxy) is 1. The third-order valence-corrected chi connectivity index (χ3v) is 3.14. The van der Waals surface area contributed by atoms with E-state index >= 15 is 0 Å². The van der Waals surface area contributed by atoms with Gasteiger partial charge in [0, 0.05) is 19.2 Å². The predicted octanol–water partition coefficient (Wildman–Crippen LogP) is 1.39. The van der Waals surface area contributed by atoms with E-state index in [0.717, 1.165) is 0 Å². The normalized spacial score (nSPS) is 15.2. The highest BCUT2D eigenvalue weighted by Crippen LogP contribution is 2.19. The monoisotopic (exact) mass is 279 g/mol. The van der Waals surface area contributed by atoms with E-state index in [-0.39, 0.29) is 24.7 Å². The Morgan fingerprint density at radius 1 is 1.45 bits per heavy atom. The maximum absolute atomic E-state index is 13.4. The van der Waals surface area contributed by atoms with Gasteiger partial charge in [-0.05, 0) is 23.8 Å². The molecule has 2 rings (SSSR count). The molecule has 0 unspecified atom stereocenters. The summed E-state index contributed by atoms with van der Waals surface area (Å²) in [6, 6.07) is 4.37. The molecule has 1 aliphatic heterocycles. The molecular formula is C14H14FNO4. The molecule has 1 saturated heterocycles. The van der Waals surface area contributed by atoms with Gasteiger partial charge in [0.25, 0.3) is 0 Å². The summed E-state index contributed by atoms with van der Waals surface area (Å²) in [5, 5.41) is 8.71. The highest BCUT2D eigenvalue weighted by molar-refractivity contribution is 5.93. The first-order valence-corrected chi connectivity index (χ1v) is 6.04. The number of halogens is 1. The molecule has 1 aromatic rings. The molecule has 1 aromatic carbocycles. The number of carboxylic acids is 1. The van der Waals surface area contributed by atoms with E-state index in [1.165, 1.54) is 36.3 Å². The Labute approximate surface area is 115 Å². The lowest BCUT2D eigenvalue weighted by Crippen LogP contribution is -2.52. The lowest BCUT2D eigenvalue weighted by atomic mass is 10.0. The van der Waals surface area contributed by atoms with Crippen LogP contribution in [0, 0.1) is 11.7 Å². The van der Waals surface area contributed by atoms with Crippen molar-refractivity contribution in [3.8, 4) is 5.75 Å². The van der Waals surface area contributed by atoms with E-state index in [9.17, 15) is 14.0 Å². The van der Waals surface area contributed by atoms with Crippen LogP contribution in [0.1, 0.15) is 5.56 Å². The van der Waals surface area contributed by atoms with Gasteiger partial charge in [0.2, 0.25) is 5.91 Å². The highest BCUT2D eigenvalue weighted by atomic mass is 19.1. The van der Waals surface area contributed by atoms with Gasteiger partial charge in [-0.1, -0.05) is 6.07 Å². The lowest BCUT2D eigenvalue weighted by Gasteiger charge is -2.35. The number of carboxylic acid groups (broad SMARTS) is 1. The topological polar surface area (TPSA) is 66.8 Å². The van der Waals surface area contributed by atoms with E-state index in [2.05, 4.69) is 0 Å². The summed E-state index contributed by atoms with van der Waals surface area (Å²) in [6.07, 6.45) is 2.79. The average molecular weight is 279 g/mol. The molecule has 0 aliphatic carbocycles.